The van der Waals surface area contributed by atoms with Gasteiger partial charge in [0.1, 0.15) is 6.61 Å². The van der Waals surface area contributed by atoms with Crippen molar-refractivity contribution in [1.82, 2.24) is 0 Å². The molecule has 0 saturated carbocycles. The number of hydrogen-bond acceptors (Lipinski definition) is 4. The average Bonchev–Trinajstić information content (AvgIpc) is 3.01. The molecule has 0 saturated heterocycles. The number of anilines is 2. The Hall–Kier alpha value is -1.85. The molecule has 5 heteroatoms. The molecule has 0 aliphatic carbocycles. The van der Waals surface area contributed by atoms with Crippen LogP contribution in [0.5, 0.6) is 0 Å². The van der Waals surface area contributed by atoms with Crippen LogP contribution in [0, 0.1) is 0 Å². The number of amides is 1. The Labute approximate surface area is 129 Å². The molecule has 0 spiro atoms. The average molecular weight is 304 g/mol. The Morgan fingerprint density at radius 3 is 2.52 bits per heavy atom. The number of benzene rings is 1. The van der Waals surface area contributed by atoms with Crippen molar-refractivity contribution in [1.29, 1.82) is 0 Å². The molecule has 1 aromatic heterocycles. The number of ether oxygens (including phenoxy) is 1. The van der Waals surface area contributed by atoms with Gasteiger partial charge in [0.25, 0.3) is 0 Å². The number of rotatable bonds is 7. The summed E-state index contributed by atoms with van der Waals surface area (Å²) in [5.74, 6) is -0.150. The summed E-state index contributed by atoms with van der Waals surface area (Å²) in [7, 11) is 1.50. The lowest BCUT2D eigenvalue weighted by molar-refractivity contribution is -0.119. The third-order valence-corrected chi connectivity index (χ3v) is 4.07. The zero-order chi connectivity index (χ0) is 15.1. The van der Waals surface area contributed by atoms with E-state index in [0.29, 0.717) is 6.04 Å². The largest absolute Gasteiger partial charge is 0.377 e. The van der Waals surface area contributed by atoms with Crippen LogP contribution in [0.4, 0.5) is 11.4 Å². The quantitative estimate of drug-likeness (QED) is 0.815. The molecule has 21 heavy (non-hydrogen) atoms. The normalized spacial score (nSPS) is 11.9. The van der Waals surface area contributed by atoms with Crippen molar-refractivity contribution in [3.8, 4) is 0 Å². The zero-order valence-corrected chi connectivity index (χ0v) is 13.1. The molecular formula is C16H20N2O2S. The molecule has 2 N–H and O–H groups in total. The molecule has 0 aliphatic rings. The number of methoxy groups -OCH3 is 1. The maximum atomic E-state index is 11.4. The molecule has 112 valence electrons. The van der Waals surface area contributed by atoms with Gasteiger partial charge in [0.2, 0.25) is 5.91 Å². The minimum atomic E-state index is -0.150. The highest BCUT2D eigenvalue weighted by molar-refractivity contribution is 7.10. The fourth-order valence-electron chi connectivity index (χ4n) is 2.04. The fourth-order valence-corrected chi connectivity index (χ4v) is 2.90. The summed E-state index contributed by atoms with van der Waals surface area (Å²) in [4.78, 5) is 12.8. The first kappa shape index (κ1) is 15.5. The van der Waals surface area contributed by atoms with Crippen LogP contribution in [-0.4, -0.2) is 19.6 Å². The minimum absolute atomic E-state index is 0.0658. The number of carbonyl (C=O) groups excluding carboxylic acids is 1. The lowest BCUT2D eigenvalue weighted by Gasteiger charge is -2.17. The molecule has 1 amide bonds. The van der Waals surface area contributed by atoms with E-state index in [1.807, 2.05) is 24.3 Å². The van der Waals surface area contributed by atoms with E-state index >= 15 is 0 Å². The Balaban J connectivity index is 1.97. The first-order chi connectivity index (χ1) is 10.2. The van der Waals surface area contributed by atoms with Crippen molar-refractivity contribution in [3.63, 3.8) is 0 Å². The molecule has 4 nitrogen and oxygen atoms in total. The second kappa shape index (κ2) is 7.81. The second-order valence-electron chi connectivity index (χ2n) is 4.68. The summed E-state index contributed by atoms with van der Waals surface area (Å²) < 4.78 is 4.78. The van der Waals surface area contributed by atoms with E-state index in [1.165, 1.54) is 12.0 Å². The predicted molar refractivity (Wildman–Crippen MR) is 87.9 cm³/mol. The fraction of sp³-hybridized carbons (Fsp3) is 0.312. The third kappa shape index (κ3) is 4.58. The van der Waals surface area contributed by atoms with Crippen LogP contribution < -0.4 is 10.6 Å². The van der Waals surface area contributed by atoms with E-state index in [9.17, 15) is 4.79 Å². The monoisotopic (exact) mass is 304 g/mol. The lowest BCUT2D eigenvalue weighted by Crippen LogP contribution is -2.17. The van der Waals surface area contributed by atoms with Gasteiger partial charge in [-0.25, -0.2) is 0 Å². The molecule has 2 rings (SSSR count). The summed E-state index contributed by atoms with van der Waals surface area (Å²) in [6.45, 7) is 2.23. The number of hydrogen-bond donors (Lipinski definition) is 2. The summed E-state index contributed by atoms with van der Waals surface area (Å²) in [6, 6.07) is 12.2. The van der Waals surface area contributed by atoms with Gasteiger partial charge in [-0.2, -0.15) is 0 Å². The molecule has 0 fully saturated rings. The highest BCUT2D eigenvalue weighted by atomic mass is 32.1. The summed E-state index contributed by atoms with van der Waals surface area (Å²) in [5, 5.41) is 8.38. The zero-order valence-electron chi connectivity index (χ0n) is 12.3. The molecular weight excluding hydrogens is 284 g/mol. The van der Waals surface area contributed by atoms with Gasteiger partial charge in [-0.05, 0) is 42.1 Å². The van der Waals surface area contributed by atoms with Crippen LogP contribution in [0.3, 0.4) is 0 Å². The molecule has 1 unspecified atom stereocenters. The van der Waals surface area contributed by atoms with E-state index in [2.05, 4.69) is 35.1 Å². The maximum Gasteiger partial charge on any atom is 0.250 e. The van der Waals surface area contributed by atoms with Gasteiger partial charge in [-0.1, -0.05) is 13.0 Å². The maximum absolute atomic E-state index is 11.4. The van der Waals surface area contributed by atoms with Gasteiger partial charge in [0.15, 0.2) is 0 Å². The lowest BCUT2D eigenvalue weighted by atomic mass is 10.1. The first-order valence-corrected chi connectivity index (χ1v) is 7.79. The van der Waals surface area contributed by atoms with Gasteiger partial charge in [-0.15, -0.1) is 11.3 Å². The van der Waals surface area contributed by atoms with E-state index in [1.54, 1.807) is 11.3 Å². The van der Waals surface area contributed by atoms with Crippen LogP contribution in [0.15, 0.2) is 41.8 Å². The predicted octanol–water partition coefficient (Wildman–Crippen LogP) is 3.90. The molecule has 2 aromatic rings. The molecule has 0 aliphatic heterocycles. The van der Waals surface area contributed by atoms with Gasteiger partial charge >= 0.3 is 0 Å². The van der Waals surface area contributed by atoms with Crippen LogP contribution in [0.1, 0.15) is 24.3 Å². The second-order valence-corrected chi connectivity index (χ2v) is 5.66. The number of carbonyl (C=O) groups is 1. The third-order valence-electron chi connectivity index (χ3n) is 3.08. The SMILES string of the molecule is CCC(Nc1ccc(NC(=O)COC)cc1)c1cccs1. The van der Waals surface area contributed by atoms with Crippen molar-refractivity contribution in [2.24, 2.45) is 0 Å². The smallest absolute Gasteiger partial charge is 0.250 e. The Morgan fingerprint density at radius 2 is 1.95 bits per heavy atom. The number of nitrogens with one attached hydrogen (secondary N) is 2. The Morgan fingerprint density at radius 1 is 1.24 bits per heavy atom. The minimum Gasteiger partial charge on any atom is -0.377 e. The molecule has 1 heterocycles. The topological polar surface area (TPSA) is 50.4 Å². The van der Waals surface area contributed by atoms with Gasteiger partial charge in [0, 0.05) is 23.4 Å². The number of thiophene rings is 1. The van der Waals surface area contributed by atoms with Crippen molar-refractivity contribution >= 4 is 28.6 Å². The van der Waals surface area contributed by atoms with Crippen molar-refractivity contribution < 1.29 is 9.53 Å². The van der Waals surface area contributed by atoms with E-state index in [0.717, 1.165) is 17.8 Å². The van der Waals surface area contributed by atoms with E-state index in [4.69, 9.17) is 4.74 Å². The first-order valence-electron chi connectivity index (χ1n) is 6.91. The van der Waals surface area contributed by atoms with Gasteiger partial charge in [0.05, 0.1) is 6.04 Å². The molecule has 0 bridgehead atoms. The van der Waals surface area contributed by atoms with Crippen molar-refractivity contribution in [3.05, 3.63) is 46.7 Å². The molecule has 0 radical (unpaired) electrons. The van der Waals surface area contributed by atoms with Crippen LogP contribution in [0.2, 0.25) is 0 Å². The summed E-state index contributed by atoms with van der Waals surface area (Å²) in [6.07, 6.45) is 1.02. The summed E-state index contributed by atoms with van der Waals surface area (Å²) in [5.41, 5.74) is 1.81. The van der Waals surface area contributed by atoms with Gasteiger partial charge < -0.3 is 15.4 Å². The Kier molecular flexibility index (Phi) is 5.78. The van der Waals surface area contributed by atoms with Gasteiger partial charge in [-0.3, -0.25) is 4.79 Å². The van der Waals surface area contributed by atoms with Crippen LogP contribution >= 0.6 is 11.3 Å². The molecule has 1 atom stereocenters. The van der Waals surface area contributed by atoms with E-state index < -0.39 is 0 Å². The summed E-state index contributed by atoms with van der Waals surface area (Å²) >= 11 is 1.76. The van der Waals surface area contributed by atoms with Crippen LogP contribution in [-0.2, 0) is 9.53 Å². The highest BCUT2D eigenvalue weighted by Gasteiger charge is 2.10. The standard InChI is InChI=1S/C16H20N2O2S/c1-3-14(15-5-4-10-21-15)17-12-6-8-13(9-7-12)18-16(19)11-20-2/h4-10,14,17H,3,11H2,1-2H3,(H,18,19). The van der Waals surface area contributed by atoms with E-state index in [-0.39, 0.29) is 12.5 Å². The van der Waals surface area contributed by atoms with Crippen molar-refractivity contribution in [2.75, 3.05) is 24.4 Å². The Bertz CT molecular complexity index is 552. The van der Waals surface area contributed by atoms with Crippen LogP contribution in [0.25, 0.3) is 0 Å². The molecule has 1 aromatic carbocycles. The highest BCUT2D eigenvalue weighted by Crippen LogP contribution is 2.26. The van der Waals surface area contributed by atoms with Crippen molar-refractivity contribution in [2.45, 2.75) is 19.4 Å².